The zero-order chi connectivity index (χ0) is 16.0. The van der Waals surface area contributed by atoms with E-state index in [4.69, 9.17) is 0 Å². The molecule has 0 bridgehead atoms. The molecular formula is C19H22N2O2. The monoisotopic (exact) mass is 310 g/mol. The maximum atomic E-state index is 12.7. The van der Waals surface area contributed by atoms with Crippen molar-refractivity contribution < 1.29 is 9.59 Å². The van der Waals surface area contributed by atoms with Crippen LogP contribution >= 0.6 is 0 Å². The minimum absolute atomic E-state index is 0.221. The van der Waals surface area contributed by atoms with E-state index >= 15 is 0 Å². The molecule has 0 amide bonds. The predicted octanol–water partition coefficient (Wildman–Crippen LogP) is 3.34. The second kappa shape index (κ2) is 5.60. The first-order chi connectivity index (χ1) is 11.2. The van der Waals surface area contributed by atoms with Gasteiger partial charge in [0.25, 0.3) is 0 Å². The van der Waals surface area contributed by atoms with E-state index in [1.807, 2.05) is 10.6 Å². The van der Waals surface area contributed by atoms with Crippen molar-refractivity contribution in [3.8, 4) is 0 Å². The van der Waals surface area contributed by atoms with Crippen molar-refractivity contribution in [2.75, 3.05) is 13.1 Å². The molecule has 0 aliphatic carbocycles. The molecule has 0 radical (unpaired) electrons. The van der Waals surface area contributed by atoms with E-state index in [0.29, 0.717) is 12.8 Å². The lowest BCUT2D eigenvalue weighted by Gasteiger charge is -2.35. The van der Waals surface area contributed by atoms with Gasteiger partial charge in [0, 0.05) is 37.0 Å². The number of Topliss-reactive ketones (excluding diaryl/α,β-unsaturated/α-hetero) is 1. The van der Waals surface area contributed by atoms with Crippen LogP contribution < -0.4 is 0 Å². The number of hydrogen-bond donors (Lipinski definition) is 0. The molecule has 0 saturated carbocycles. The van der Waals surface area contributed by atoms with Gasteiger partial charge in [-0.2, -0.15) is 0 Å². The van der Waals surface area contributed by atoms with E-state index in [1.54, 1.807) is 6.92 Å². The van der Waals surface area contributed by atoms with Crippen LogP contribution in [0.25, 0.3) is 10.9 Å². The Labute approximate surface area is 136 Å². The van der Waals surface area contributed by atoms with Gasteiger partial charge in [-0.1, -0.05) is 18.2 Å². The van der Waals surface area contributed by atoms with Crippen LogP contribution in [0.4, 0.5) is 0 Å². The van der Waals surface area contributed by atoms with E-state index in [0.717, 1.165) is 37.9 Å². The van der Waals surface area contributed by atoms with Gasteiger partial charge in [0.2, 0.25) is 5.91 Å². The number of carbonyl (C=O) groups excluding carboxylic acids is 2. The Kier molecular flexibility index (Phi) is 3.57. The number of benzene rings is 1. The summed E-state index contributed by atoms with van der Waals surface area (Å²) >= 11 is 0. The second-order valence-corrected chi connectivity index (χ2v) is 6.76. The summed E-state index contributed by atoms with van der Waals surface area (Å²) in [5.74, 6) is 0.458. The van der Waals surface area contributed by atoms with Crippen LogP contribution in [0.1, 0.15) is 54.7 Å². The lowest BCUT2D eigenvalue weighted by molar-refractivity contribution is -0.117. The average molecular weight is 310 g/mol. The molecule has 0 saturated heterocycles. The third-order valence-corrected chi connectivity index (χ3v) is 5.29. The molecule has 23 heavy (non-hydrogen) atoms. The Balaban J connectivity index is 1.85. The fourth-order valence-electron chi connectivity index (χ4n) is 4.24. The van der Waals surface area contributed by atoms with Crippen LogP contribution in [0.15, 0.2) is 24.3 Å². The quantitative estimate of drug-likeness (QED) is 0.873. The largest absolute Gasteiger partial charge is 0.300 e. The summed E-state index contributed by atoms with van der Waals surface area (Å²) < 4.78 is 1.97. The highest BCUT2D eigenvalue weighted by molar-refractivity contribution is 5.96. The van der Waals surface area contributed by atoms with Gasteiger partial charge in [0.1, 0.15) is 5.78 Å². The summed E-state index contributed by atoms with van der Waals surface area (Å²) in [6, 6.07) is 8.55. The van der Waals surface area contributed by atoms with Crippen LogP contribution in [0.5, 0.6) is 0 Å². The predicted molar refractivity (Wildman–Crippen MR) is 89.7 cm³/mol. The molecule has 1 unspecified atom stereocenters. The molecule has 1 atom stereocenters. The highest BCUT2D eigenvalue weighted by Crippen LogP contribution is 2.41. The Bertz CT molecular complexity index is 790. The fraction of sp³-hybridized carbons (Fsp3) is 0.474. The van der Waals surface area contributed by atoms with Crippen molar-refractivity contribution in [1.82, 2.24) is 9.47 Å². The number of carbonyl (C=O) groups is 2. The topological polar surface area (TPSA) is 42.3 Å². The van der Waals surface area contributed by atoms with Gasteiger partial charge in [-0.25, -0.2) is 0 Å². The van der Waals surface area contributed by atoms with Crippen molar-refractivity contribution in [1.29, 1.82) is 0 Å². The second-order valence-electron chi connectivity index (χ2n) is 6.76. The summed E-state index contributed by atoms with van der Waals surface area (Å²) in [6.07, 6.45) is 4.11. The highest BCUT2D eigenvalue weighted by atomic mass is 16.2. The van der Waals surface area contributed by atoms with Gasteiger partial charge in [-0.15, -0.1) is 0 Å². The molecule has 4 rings (SSSR count). The Morgan fingerprint density at radius 1 is 1.26 bits per heavy atom. The lowest BCUT2D eigenvalue weighted by Crippen LogP contribution is -2.37. The number of para-hydroxylation sites is 1. The number of ketones is 1. The molecule has 120 valence electrons. The van der Waals surface area contributed by atoms with Crippen LogP contribution in [-0.4, -0.2) is 34.2 Å². The Hall–Kier alpha value is -1.94. The molecule has 4 heteroatoms. The van der Waals surface area contributed by atoms with Gasteiger partial charge in [0.15, 0.2) is 0 Å². The van der Waals surface area contributed by atoms with E-state index in [1.165, 1.54) is 16.6 Å². The first kappa shape index (κ1) is 14.6. The van der Waals surface area contributed by atoms with Crippen molar-refractivity contribution >= 4 is 22.6 Å². The fourth-order valence-corrected chi connectivity index (χ4v) is 4.24. The molecule has 3 heterocycles. The number of rotatable bonds is 3. The lowest BCUT2D eigenvalue weighted by atomic mass is 9.94. The van der Waals surface area contributed by atoms with Crippen molar-refractivity contribution in [3.63, 3.8) is 0 Å². The van der Waals surface area contributed by atoms with E-state index < -0.39 is 0 Å². The average Bonchev–Trinajstić information content (AvgIpc) is 2.77. The summed E-state index contributed by atoms with van der Waals surface area (Å²) in [5, 5.41) is 1.23. The SMILES string of the molecule is CC(=O)CCN1CCc2c3n(c4ccccc24)C(=O)CCCC31. The Morgan fingerprint density at radius 3 is 2.91 bits per heavy atom. The first-order valence-electron chi connectivity index (χ1n) is 8.55. The molecule has 0 N–H and O–H groups in total. The minimum Gasteiger partial charge on any atom is -0.300 e. The summed E-state index contributed by atoms with van der Waals surface area (Å²) in [4.78, 5) is 26.5. The normalized spacial score (nSPS) is 21.3. The molecule has 1 aromatic carbocycles. The van der Waals surface area contributed by atoms with Gasteiger partial charge in [0.05, 0.1) is 11.6 Å². The van der Waals surface area contributed by atoms with E-state index in [9.17, 15) is 9.59 Å². The zero-order valence-electron chi connectivity index (χ0n) is 13.5. The Morgan fingerprint density at radius 2 is 2.09 bits per heavy atom. The molecule has 4 nitrogen and oxygen atoms in total. The standard InChI is InChI=1S/C19H22N2O2/c1-13(22)9-11-20-12-10-15-14-5-2-3-6-16(14)21-18(23)8-4-7-17(20)19(15)21/h2-3,5-6,17H,4,7-12H2,1H3. The highest BCUT2D eigenvalue weighted by Gasteiger charge is 2.35. The number of aromatic nitrogens is 1. The van der Waals surface area contributed by atoms with Crippen LogP contribution in [-0.2, 0) is 11.2 Å². The molecule has 2 aliphatic rings. The van der Waals surface area contributed by atoms with E-state index in [-0.39, 0.29) is 17.7 Å². The number of fused-ring (bicyclic) bond motifs is 3. The molecule has 2 aromatic rings. The number of nitrogens with zero attached hydrogens (tertiary/aromatic N) is 2. The maximum absolute atomic E-state index is 12.7. The van der Waals surface area contributed by atoms with Crippen LogP contribution in [0.3, 0.4) is 0 Å². The third-order valence-electron chi connectivity index (χ3n) is 5.29. The van der Waals surface area contributed by atoms with Crippen molar-refractivity contribution in [2.24, 2.45) is 0 Å². The molecular weight excluding hydrogens is 288 g/mol. The molecule has 2 aliphatic heterocycles. The van der Waals surface area contributed by atoms with E-state index in [2.05, 4.69) is 23.1 Å². The summed E-state index contributed by atoms with van der Waals surface area (Å²) in [6.45, 7) is 3.44. The van der Waals surface area contributed by atoms with Gasteiger partial charge < -0.3 is 0 Å². The number of hydrogen-bond acceptors (Lipinski definition) is 3. The van der Waals surface area contributed by atoms with Crippen LogP contribution in [0.2, 0.25) is 0 Å². The first-order valence-corrected chi connectivity index (χ1v) is 8.55. The van der Waals surface area contributed by atoms with Crippen LogP contribution in [0, 0.1) is 0 Å². The van der Waals surface area contributed by atoms with Gasteiger partial charge >= 0.3 is 0 Å². The summed E-state index contributed by atoms with van der Waals surface area (Å²) in [7, 11) is 0. The zero-order valence-corrected chi connectivity index (χ0v) is 13.5. The van der Waals surface area contributed by atoms with Gasteiger partial charge in [-0.3, -0.25) is 19.1 Å². The molecule has 0 fully saturated rings. The van der Waals surface area contributed by atoms with Crippen molar-refractivity contribution in [3.05, 3.63) is 35.5 Å². The maximum Gasteiger partial charge on any atom is 0.231 e. The summed E-state index contributed by atoms with van der Waals surface area (Å²) in [5.41, 5.74) is 3.60. The molecule has 1 aromatic heterocycles. The minimum atomic E-state index is 0.221. The molecule has 0 spiro atoms. The smallest absolute Gasteiger partial charge is 0.231 e. The third kappa shape index (κ3) is 2.32. The van der Waals surface area contributed by atoms with Crippen molar-refractivity contribution in [2.45, 2.75) is 45.1 Å². The van der Waals surface area contributed by atoms with Gasteiger partial charge in [-0.05, 0) is 37.8 Å².